The predicted molar refractivity (Wildman–Crippen MR) is 117 cm³/mol. The van der Waals surface area contributed by atoms with Gasteiger partial charge in [-0.1, -0.05) is 0 Å². The van der Waals surface area contributed by atoms with Gasteiger partial charge in [0.25, 0.3) is 5.78 Å². The van der Waals surface area contributed by atoms with Gasteiger partial charge in [-0.25, -0.2) is 9.37 Å². The molecule has 13 heteroatoms. The molecule has 36 heavy (non-hydrogen) atoms. The summed E-state index contributed by atoms with van der Waals surface area (Å²) in [5.74, 6) is -2.76. The molecule has 0 atom stereocenters. The van der Waals surface area contributed by atoms with Crippen LogP contribution in [0.5, 0.6) is 11.7 Å². The summed E-state index contributed by atoms with van der Waals surface area (Å²) >= 11 is 0.937. The molecule has 0 bridgehead atoms. The highest BCUT2D eigenvalue weighted by atomic mass is 32.1. The Bertz CT molecular complexity index is 1600. The SMILES string of the molecule is Nc1c(C(=O)c2c([O-])on[n+]2-c2ccc(OC(F)(F)F)cc2)sc2nc(-c3ccc(F)cc3)ccc12. The molecule has 0 radical (unpaired) electrons. The normalized spacial score (nSPS) is 11.7. The molecule has 0 spiro atoms. The van der Waals surface area contributed by atoms with Crippen molar-refractivity contribution in [3.63, 3.8) is 0 Å². The van der Waals surface area contributed by atoms with Crippen LogP contribution in [0.25, 0.3) is 27.2 Å². The number of aromatic nitrogens is 3. The number of hydrogen-bond acceptors (Lipinski definition) is 8. The molecule has 3 heterocycles. The molecule has 0 aliphatic carbocycles. The molecular formula is C23H12F4N4O4S. The van der Waals surface area contributed by atoms with E-state index in [4.69, 9.17) is 5.73 Å². The molecular weight excluding hydrogens is 504 g/mol. The number of rotatable bonds is 5. The Labute approximate surface area is 202 Å². The maximum atomic E-state index is 13.3. The van der Waals surface area contributed by atoms with Crippen LogP contribution in [0.15, 0.2) is 65.2 Å². The number of benzene rings is 2. The minimum absolute atomic E-state index is 0.000156. The lowest BCUT2D eigenvalue weighted by Gasteiger charge is -2.07. The van der Waals surface area contributed by atoms with Crippen molar-refractivity contribution in [3.05, 3.63) is 77.1 Å². The molecule has 0 fully saturated rings. The molecule has 0 amide bonds. The second-order valence-corrected chi connectivity index (χ2v) is 8.39. The fourth-order valence-corrected chi connectivity index (χ4v) is 4.49. The topological polar surface area (TPSA) is 118 Å². The molecule has 5 rings (SSSR count). The molecule has 182 valence electrons. The molecule has 3 aromatic heterocycles. The lowest BCUT2D eigenvalue weighted by Crippen LogP contribution is -2.39. The number of hydrogen-bond donors (Lipinski definition) is 1. The minimum atomic E-state index is -4.88. The first-order chi connectivity index (χ1) is 17.1. The van der Waals surface area contributed by atoms with Gasteiger partial charge in [0.2, 0.25) is 5.69 Å². The monoisotopic (exact) mass is 516 g/mol. The van der Waals surface area contributed by atoms with Crippen LogP contribution in [0, 0.1) is 5.82 Å². The number of carbonyl (C=O) groups excluding carboxylic acids is 1. The van der Waals surface area contributed by atoms with Crippen LogP contribution in [-0.2, 0) is 0 Å². The average molecular weight is 516 g/mol. The fourth-order valence-electron chi connectivity index (χ4n) is 3.46. The van der Waals surface area contributed by atoms with E-state index in [1.165, 1.54) is 24.3 Å². The van der Waals surface area contributed by atoms with Crippen LogP contribution in [0.2, 0.25) is 0 Å². The molecule has 0 saturated heterocycles. The number of pyridine rings is 1. The summed E-state index contributed by atoms with van der Waals surface area (Å²) < 4.78 is 59.8. The first kappa shape index (κ1) is 23.2. The van der Waals surface area contributed by atoms with Crippen molar-refractivity contribution in [1.29, 1.82) is 0 Å². The fraction of sp³-hybridized carbons (Fsp3) is 0.0435. The highest BCUT2D eigenvalue weighted by Crippen LogP contribution is 2.36. The Hall–Kier alpha value is -4.52. The van der Waals surface area contributed by atoms with Gasteiger partial charge in [-0.2, -0.15) is 0 Å². The Morgan fingerprint density at radius 3 is 2.42 bits per heavy atom. The Morgan fingerprint density at radius 1 is 1.06 bits per heavy atom. The van der Waals surface area contributed by atoms with Crippen LogP contribution >= 0.6 is 11.3 Å². The van der Waals surface area contributed by atoms with E-state index in [-0.39, 0.29) is 16.3 Å². The van der Waals surface area contributed by atoms with Gasteiger partial charge in [0.1, 0.15) is 21.3 Å². The molecule has 0 unspecified atom stereocenters. The summed E-state index contributed by atoms with van der Waals surface area (Å²) in [6.07, 6.45) is -4.88. The van der Waals surface area contributed by atoms with Gasteiger partial charge in [0.05, 0.1) is 16.7 Å². The second-order valence-electron chi connectivity index (χ2n) is 7.39. The number of anilines is 1. The van der Waals surface area contributed by atoms with Crippen molar-refractivity contribution in [2.45, 2.75) is 6.36 Å². The van der Waals surface area contributed by atoms with E-state index >= 15 is 0 Å². The van der Waals surface area contributed by atoms with Crippen LogP contribution < -0.4 is 20.3 Å². The molecule has 0 aliphatic heterocycles. The highest BCUT2D eigenvalue weighted by molar-refractivity contribution is 7.21. The van der Waals surface area contributed by atoms with E-state index in [1.54, 1.807) is 24.3 Å². The number of halogens is 4. The summed E-state index contributed by atoms with van der Waals surface area (Å²) in [6, 6.07) is 13.4. The molecule has 0 aliphatic rings. The van der Waals surface area contributed by atoms with Gasteiger partial charge < -0.3 is 20.1 Å². The third-order valence-corrected chi connectivity index (χ3v) is 6.19. The summed E-state index contributed by atoms with van der Waals surface area (Å²) in [5, 5.41) is 16.4. The first-order valence-corrected chi connectivity index (χ1v) is 10.9. The summed E-state index contributed by atoms with van der Waals surface area (Å²) in [4.78, 5) is 18.2. The summed E-state index contributed by atoms with van der Waals surface area (Å²) in [7, 11) is 0. The maximum Gasteiger partial charge on any atom is 0.573 e. The van der Waals surface area contributed by atoms with Crippen molar-refractivity contribution in [1.82, 2.24) is 10.3 Å². The van der Waals surface area contributed by atoms with Gasteiger partial charge in [-0.3, -0.25) is 4.79 Å². The summed E-state index contributed by atoms with van der Waals surface area (Å²) in [5.41, 5.74) is 7.01. The lowest BCUT2D eigenvalue weighted by molar-refractivity contribution is -0.672. The lowest BCUT2D eigenvalue weighted by atomic mass is 10.1. The first-order valence-electron chi connectivity index (χ1n) is 10.1. The number of thiophene rings is 1. The molecule has 5 aromatic rings. The van der Waals surface area contributed by atoms with Gasteiger partial charge in [-0.15, -0.1) is 24.5 Å². The van der Waals surface area contributed by atoms with Crippen LogP contribution in [-0.4, -0.2) is 22.4 Å². The van der Waals surface area contributed by atoms with E-state index in [0.29, 0.717) is 21.5 Å². The number of ether oxygens (including phenoxy) is 1. The quantitative estimate of drug-likeness (QED) is 0.212. The van der Waals surface area contributed by atoms with Crippen molar-refractivity contribution in [2.75, 3.05) is 5.73 Å². The largest absolute Gasteiger partial charge is 0.573 e. The standard InChI is InChI=1S/C23H12F4N4O4S/c24-12-3-1-11(2-4-12)16-10-9-15-17(28)20(36-21(15)29-16)19(32)18-22(33)35-30-31(18)13-5-7-14(8-6-13)34-23(25,26)27/h1-10H,(H2-,28,30,32,33). The van der Waals surface area contributed by atoms with Crippen LogP contribution in [0.1, 0.15) is 15.4 Å². The third kappa shape index (κ3) is 4.31. The molecule has 2 N–H and O–H groups in total. The van der Waals surface area contributed by atoms with Crippen molar-refractivity contribution in [2.24, 2.45) is 0 Å². The predicted octanol–water partition coefficient (Wildman–Crippen LogP) is 4.15. The number of ketones is 1. The molecule has 0 saturated carbocycles. The number of nitrogens with zero attached hydrogens (tertiary/aromatic N) is 3. The van der Waals surface area contributed by atoms with Crippen molar-refractivity contribution >= 4 is 33.0 Å². The zero-order valence-electron chi connectivity index (χ0n) is 17.7. The Kier molecular flexibility index (Phi) is 5.55. The number of fused-ring (bicyclic) bond motifs is 1. The zero-order chi connectivity index (χ0) is 25.6. The van der Waals surface area contributed by atoms with Crippen molar-refractivity contribution < 1.29 is 41.4 Å². The highest BCUT2D eigenvalue weighted by Gasteiger charge is 2.33. The van der Waals surface area contributed by atoms with Gasteiger partial charge in [0.15, 0.2) is 5.95 Å². The summed E-state index contributed by atoms with van der Waals surface area (Å²) in [6.45, 7) is 0. The van der Waals surface area contributed by atoms with Crippen LogP contribution in [0.4, 0.5) is 23.2 Å². The van der Waals surface area contributed by atoms with Gasteiger partial charge >= 0.3 is 12.1 Å². The zero-order valence-corrected chi connectivity index (χ0v) is 18.6. The minimum Gasteiger partial charge on any atom is -0.539 e. The van der Waals surface area contributed by atoms with E-state index in [2.05, 4.69) is 19.5 Å². The number of carbonyl (C=O) groups is 1. The smallest absolute Gasteiger partial charge is 0.539 e. The number of nitrogen functional groups attached to an aromatic ring is 1. The van der Waals surface area contributed by atoms with E-state index in [0.717, 1.165) is 28.2 Å². The van der Waals surface area contributed by atoms with Gasteiger partial charge in [0, 0.05) is 23.1 Å². The van der Waals surface area contributed by atoms with E-state index in [1.807, 2.05) is 0 Å². The van der Waals surface area contributed by atoms with Crippen molar-refractivity contribution in [3.8, 4) is 28.6 Å². The number of nitrogens with two attached hydrogens (primary N) is 1. The Balaban J connectivity index is 1.51. The molecule has 8 nitrogen and oxygen atoms in total. The van der Waals surface area contributed by atoms with Gasteiger partial charge in [-0.05, 0) is 53.2 Å². The number of alkyl halides is 3. The Morgan fingerprint density at radius 2 is 1.75 bits per heavy atom. The third-order valence-electron chi connectivity index (χ3n) is 5.08. The maximum absolute atomic E-state index is 13.3. The van der Waals surface area contributed by atoms with Crippen LogP contribution in [0.3, 0.4) is 0 Å². The molecule has 2 aromatic carbocycles. The average Bonchev–Trinajstić information content (AvgIpc) is 3.38. The van der Waals surface area contributed by atoms with E-state index in [9.17, 15) is 27.5 Å². The van der Waals surface area contributed by atoms with E-state index < -0.39 is 35.4 Å². The second kappa shape index (κ2) is 8.61.